The molecule has 0 spiro atoms. The molecule has 3 heteroatoms. The summed E-state index contributed by atoms with van der Waals surface area (Å²) in [5.41, 5.74) is 7.23. The first kappa shape index (κ1) is 17.4. The molecule has 3 nitrogen and oxygen atoms in total. The minimum Gasteiger partial charge on any atom is -0.372 e. The molecule has 0 fully saturated rings. The number of benzene rings is 2. The van der Waals surface area contributed by atoms with Gasteiger partial charge in [-0.25, -0.2) is 4.99 Å². The van der Waals surface area contributed by atoms with Crippen LogP contribution in [0.1, 0.15) is 35.6 Å². The highest BCUT2D eigenvalue weighted by molar-refractivity contribution is 5.67. The molecule has 1 aliphatic rings. The van der Waals surface area contributed by atoms with Gasteiger partial charge in [0.25, 0.3) is 0 Å². The molecule has 2 aromatic rings. The first-order chi connectivity index (χ1) is 12.1. The van der Waals surface area contributed by atoms with Crippen molar-refractivity contribution in [2.45, 2.75) is 40.0 Å². The average Bonchev–Trinajstić information content (AvgIpc) is 2.63. The summed E-state index contributed by atoms with van der Waals surface area (Å²) in [6.45, 7) is 11.2. The van der Waals surface area contributed by atoms with Crippen molar-refractivity contribution in [1.29, 1.82) is 0 Å². The molecule has 0 saturated carbocycles. The van der Waals surface area contributed by atoms with Crippen molar-refractivity contribution >= 4 is 12.0 Å². The van der Waals surface area contributed by atoms with Gasteiger partial charge in [-0.3, -0.25) is 0 Å². The number of aryl methyl sites for hydroxylation is 1. The molecular formula is C22H26N2O. The zero-order valence-corrected chi connectivity index (χ0v) is 15.2. The van der Waals surface area contributed by atoms with E-state index < -0.39 is 0 Å². The van der Waals surface area contributed by atoms with E-state index in [-0.39, 0.29) is 0 Å². The molecule has 2 aromatic carbocycles. The number of fused-ring (bicyclic) bond motifs is 1. The van der Waals surface area contributed by atoms with Crippen LogP contribution in [-0.4, -0.2) is 17.8 Å². The maximum atomic E-state index is 5.75. The quantitative estimate of drug-likeness (QED) is 0.654. The Morgan fingerprint density at radius 2 is 1.92 bits per heavy atom. The van der Waals surface area contributed by atoms with Crippen LogP contribution in [0.4, 0.5) is 5.69 Å². The van der Waals surface area contributed by atoms with Gasteiger partial charge in [0, 0.05) is 13.1 Å². The summed E-state index contributed by atoms with van der Waals surface area (Å²) in [5, 5.41) is 0. The fraction of sp³-hybridized carbons (Fsp3) is 0.318. The number of rotatable bonds is 7. The second-order valence-electron chi connectivity index (χ2n) is 6.69. The summed E-state index contributed by atoms with van der Waals surface area (Å²) in [7, 11) is 0. The van der Waals surface area contributed by atoms with Crippen molar-refractivity contribution in [3.8, 4) is 0 Å². The van der Waals surface area contributed by atoms with Gasteiger partial charge in [0.2, 0.25) is 0 Å². The van der Waals surface area contributed by atoms with Gasteiger partial charge in [-0.15, -0.1) is 0 Å². The van der Waals surface area contributed by atoms with Crippen LogP contribution >= 0.6 is 0 Å². The van der Waals surface area contributed by atoms with Crippen molar-refractivity contribution in [2.24, 2.45) is 4.99 Å². The molecule has 0 saturated heterocycles. The van der Waals surface area contributed by atoms with Crippen LogP contribution in [0.2, 0.25) is 0 Å². The van der Waals surface area contributed by atoms with Gasteiger partial charge in [0.05, 0.1) is 25.2 Å². The fourth-order valence-electron chi connectivity index (χ4n) is 2.82. The van der Waals surface area contributed by atoms with Crippen molar-refractivity contribution < 1.29 is 4.74 Å². The van der Waals surface area contributed by atoms with Crippen molar-refractivity contribution in [3.05, 3.63) is 76.9 Å². The summed E-state index contributed by atoms with van der Waals surface area (Å²) in [4.78, 5) is 6.84. The molecule has 1 aliphatic heterocycles. The van der Waals surface area contributed by atoms with Crippen LogP contribution in [0.5, 0.6) is 0 Å². The molecule has 0 amide bonds. The summed E-state index contributed by atoms with van der Waals surface area (Å²) >= 11 is 0. The van der Waals surface area contributed by atoms with E-state index in [2.05, 4.69) is 72.8 Å². The standard InChI is InChI=1S/C22H26N2O/c1-4-17(2)14-25-15-20-9-10-22-21(11-20)13-24(16-23-22)12-19-7-5-18(3)6-8-19/h5-11,16H,2,4,12-15H2,1,3H3. The van der Waals surface area contributed by atoms with Crippen LogP contribution in [0.25, 0.3) is 0 Å². The van der Waals surface area contributed by atoms with Gasteiger partial charge in [-0.1, -0.05) is 55.0 Å². The lowest BCUT2D eigenvalue weighted by Gasteiger charge is -2.25. The van der Waals surface area contributed by atoms with Gasteiger partial charge >= 0.3 is 0 Å². The van der Waals surface area contributed by atoms with Gasteiger partial charge in [0.15, 0.2) is 0 Å². The zero-order valence-electron chi connectivity index (χ0n) is 15.2. The molecule has 0 aromatic heterocycles. The third-order valence-corrected chi connectivity index (χ3v) is 4.46. The molecule has 25 heavy (non-hydrogen) atoms. The number of nitrogens with zero attached hydrogens (tertiary/aromatic N) is 2. The molecular weight excluding hydrogens is 308 g/mol. The van der Waals surface area contributed by atoms with Gasteiger partial charge in [-0.05, 0) is 42.2 Å². The third kappa shape index (κ3) is 4.80. The van der Waals surface area contributed by atoms with Crippen molar-refractivity contribution in [3.63, 3.8) is 0 Å². The Morgan fingerprint density at radius 3 is 2.68 bits per heavy atom. The van der Waals surface area contributed by atoms with E-state index in [0.29, 0.717) is 13.2 Å². The SMILES string of the molecule is C=C(CC)COCc1ccc2c(c1)CN(Cc1ccc(C)cc1)C=N2. The van der Waals surface area contributed by atoms with Crippen LogP contribution < -0.4 is 0 Å². The van der Waals surface area contributed by atoms with Crippen molar-refractivity contribution in [1.82, 2.24) is 4.90 Å². The summed E-state index contributed by atoms with van der Waals surface area (Å²) in [6.07, 6.45) is 2.91. The van der Waals surface area contributed by atoms with E-state index in [0.717, 1.165) is 30.8 Å². The molecule has 0 atom stereocenters. The third-order valence-electron chi connectivity index (χ3n) is 4.46. The van der Waals surface area contributed by atoms with E-state index in [4.69, 9.17) is 4.74 Å². The molecule has 0 aliphatic carbocycles. The number of ether oxygens (including phenoxy) is 1. The van der Waals surface area contributed by atoms with E-state index in [1.54, 1.807) is 0 Å². The summed E-state index contributed by atoms with van der Waals surface area (Å²) < 4.78 is 5.75. The van der Waals surface area contributed by atoms with Gasteiger partial charge in [-0.2, -0.15) is 0 Å². The average molecular weight is 334 g/mol. The highest BCUT2D eigenvalue weighted by Crippen LogP contribution is 2.26. The maximum absolute atomic E-state index is 5.75. The Labute approximate surface area is 150 Å². The Bertz CT molecular complexity index is 762. The molecule has 0 N–H and O–H groups in total. The zero-order chi connectivity index (χ0) is 17.6. The molecule has 3 rings (SSSR count). The van der Waals surface area contributed by atoms with Crippen LogP contribution in [0.15, 0.2) is 59.6 Å². The lowest BCUT2D eigenvalue weighted by molar-refractivity contribution is 0.141. The molecule has 130 valence electrons. The smallest absolute Gasteiger partial charge is 0.0918 e. The van der Waals surface area contributed by atoms with E-state index in [1.165, 1.54) is 22.3 Å². The second kappa shape index (κ2) is 8.13. The molecule has 0 bridgehead atoms. The second-order valence-corrected chi connectivity index (χ2v) is 6.69. The monoisotopic (exact) mass is 334 g/mol. The largest absolute Gasteiger partial charge is 0.372 e. The first-order valence-corrected chi connectivity index (χ1v) is 8.84. The maximum Gasteiger partial charge on any atom is 0.0918 e. The Morgan fingerprint density at radius 1 is 1.16 bits per heavy atom. The van der Waals surface area contributed by atoms with Crippen LogP contribution in [0.3, 0.4) is 0 Å². The lowest BCUT2D eigenvalue weighted by Crippen LogP contribution is -2.23. The number of aliphatic imine (C=N–C) groups is 1. The Balaban J connectivity index is 1.62. The Kier molecular flexibility index (Phi) is 5.67. The number of hydrogen-bond donors (Lipinski definition) is 0. The van der Waals surface area contributed by atoms with Gasteiger partial charge in [0.1, 0.15) is 0 Å². The minimum absolute atomic E-state index is 0.619. The molecule has 0 unspecified atom stereocenters. The van der Waals surface area contributed by atoms with Crippen LogP contribution in [-0.2, 0) is 24.4 Å². The highest BCUT2D eigenvalue weighted by Gasteiger charge is 2.13. The summed E-state index contributed by atoms with van der Waals surface area (Å²) in [5.74, 6) is 0. The first-order valence-electron chi connectivity index (χ1n) is 8.84. The Hall–Kier alpha value is -2.39. The van der Waals surface area contributed by atoms with E-state index >= 15 is 0 Å². The predicted octanol–water partition coefficient (Wildman–Crippen LogP) is 5.15. The summed E-state index contributed by atoms with van der Waals surface area (Å²) in [6, 6.07) is 15.1. The topological polar surface area (TPSA) is 24.8 Å². The predicted molar refractivity (Wildman–Crippen MR) is 104 cm³/mol. The van der Waals surface area contributed by atoms with E-state index in [1.807, 2.05) is 6.34 Å². The highest BCUT2D eigenvalue weighted by atomic mass is 16.5. The number of hydrogen-bond acceptors (Lipinski definition) is 3. The van der Waals surface area contributed by atoms with Crippen molar-refractivity contribution in [2.75, 3.05) is 6.61 Å². The minimum atomic E-state index is 0.619. The normalized spacial score (nSPS) is 13.0. The molecule has 0 radical (unpaired) electrons. The van der Waals surface area contributed by atoms with E-state index in [9.17, 15) is 0 Å². The van der Waals surface area contributed by atoms with Gasteiger partial charge < -0.3 is 9.64 Å². The van der Waals surface area contributed by atoms with Crippen LogP contribution in [0, 0.1) is 6.92 Å². The lowest BCUT2D eigenvalue weighted by atomic mass is 10.1. The fourth-order valence-corrected chi connectivity index (χ4v) is 2.82. The molecule has 1 heterocycles.